The van der Waals surface area contributed by atoms with E-state index >= 15 is 0 Å². The molecule has 98 valence electrons. The number of aliphatic carboxylic acids is 1. The minimum atomic E-state index is -0.901. The van der Waals surface area contributed by atoms with E-state index in [0.29, 0.717) is 16.4 Å². The van der Waals surface area contributed by atoms with Gasteiger partial charge in [-0.2, -0.15) is 0 Å². The SMILES string of the molecule is O=C(O)Cc1ccc(NC(=O)Nc2nnns2)cc1. The van der Waals surface area contributed by atoms with Gasteiger partial charge in [0, 0.05) is 17.2 Å². The maximum Gasteiger partial charge on any atom is 0.325 e. The van der Waals surface area contributed by atoms with E-state index in [4.69, 9.17) is 5.11 Å². The molecule has 0 bridgehead atoms. The van der Waals surface area contributed by atoms with Crippen LogP contribution in [0.3, 0.4) is 0 Å². The molecule has 9 heteroatoms. The topological polar surface area (TPSA) is 117 Å². The lowest BCUT2D eigenvalue weighted by atomic mass is 10.1. The number of rotatable bonds is 4. The molecule has 2 aromatic rings. The van der Waals surface area contributed by atoms with Crippen LogP contribution in [0.15, 0.2) is 24.3 Å². The van der Waals surface area contributed by atoms with E-state index in [-0.39, 0.29) is 6.42 Å². The predicted molar refractivity (Wildman–Crippen MR) is 68.1 cm³/mol. The predicted octanol–water partition coefficient (Wildman–Crippen LogP) is 1.20. The summed E-state index contributed by atoms with van der Waals surface area (Å²) in [7, 11) is 0. The number of nitrogens with one attached hydrogen (secondary N) is 2. The monoisotopic (exact) mass is 279 g/mol. The molecule has 1 aromatic heterocycles. The van der Waals surface area contributed by atoms with Gasteiger partial charge in [0.1, 0.15) is 0 Å². The van der Waals surface area contributed by atoms with Gasteiger partial charge in [0.2, 0.25) is 5.13 Å². The number of nitrogens with zero attached hydrogens (tertiary/aromatic N) is 3. The Morgan fingerprint density at radius 1 is 1.21 bits per heavy atom. The summed E-state index contributed by atoms with van der Waals surface area (Å²) in [6.07, 6.45) is -0.0526. The van der Waals surface area contributed by atoms with Crippen LogP contribution in [0, 0.1) is 0 Å². The number of carboxylic acids is 1. The molecular formula is C10H9N5O3S. The number of carbonyl (C=O) groups is 2. The Hall–Kier alpha value is -2.55. The van der Waals surface area contributed by atoms with Crippen LogP contribution < -0.4 is 10.6 Å². The third-order valence-corrected chi connectivity index (χ3v) is 2.60. The number of carbonyl (C=O) groups excluding carboxylic acids is 1. The summed E-state index contributed by atoms with van der Waals surface area (Å²) in [5, 5.41) is 20.9. The average molecular weight is 279 g/mol. The van der Waals surface area contributed by atoms with Gasteiger partial charge in [0.15, 0.2) is 0 Å². The Kier molecular flexibility index (Phi) is 3.98. The molecule has 0 aliphatic carbocycles. The maximum atomic E-state index is 11.5. The van der Waals surface area contributed by atoms with Crippen molar-refractivity contribution in [3.8, 4) is 0 Å². The van der Waals surface area contributed by atoms with Gasteiger partial charge in [-0.3, -0.25) is 10.1 Å². The van der Waals surface area contributed by atoms with Crippen LogP contribution in [0.2, 0.25) is 0 Å². The summed E-state index contributed by atoms with van der Waals surface area (Å²) in [4.78, 5) is 22.0. The molecule has 0 aliphatic heterocycles. The highest BCUT2D eigenvalue weighted by atomic mass is 32.1. The Morgan fingerprint density at radius 2 is 1.95 bits per heavy atom. The van der Waals surface area contributed by atoms with Crippen molar-refractivity contribution >= 4 is 34.4 Å². The highest BCUT2D eigenvalue weighted by molar-refractivity contribution is 7.09. The molecule has 2 rings (SSSR count). The zero-order valence-electron chi connectivity index (χ0n) is 9.53. The Morgan fingerprint density at radius 3 is 2.53 bits per heavy atom. The minimum Gasteiger partial charge on any atom is -0.481 e. The van der Waals surface area contributed by atoms with Crippen LogP contribution in [-0.2, 0) is 11.2 Å². The third-order valence-electron chi connectivity index (χ3n) is 2.09. The van der Waals surface area contributed by atoms with Crippen LogP contribution in [-0.4, -0.2) is 31.9 Å². The van der Waals surface area contributed by atoms with Crippen molar-refractivity contribution < 1.29 is 14.7 Å². The molecule has 0 fully saturated rings. The molecule has 0 aliphatic rings. The number of amides is 2. The molecule has 0 unspecified atom stereocenters. The van der Waals surface area contributed by atoms with Crippen LogP contribution in [0.4, 0.5) is 15.6 Å². The van der Waals surface area contributed by atoms with Crippen molar-refractivity contribution in [3.63, 3.8) is 0 Å². The summed E-state index contributed by atoms with van der Waals surface area (Å²) in [5.41, 5.74) is 1.20. The summed E-state index contributed by atoms with van der Waals surface area (Å²) in [6, 6.07) is 6.04. The van der Waals surface area contributed by atoms with E-state index < -0.39 is 12.0 Å². The lowest BCUT2D eigenvalue weighted by molar-refractivity contribution is -0.136. The molecule has 1 aromatic carbocycles. The summed E-state index contributed by atoms with van der Waals surface area (Å²) in [6.45, 7) is 0. The number of aromatic nitrogens is 3. The van der Waals surface area contributed by atoms with Crippen molar-refractivity contribution in [2.24, 2.45) is 0 Å². The van der Waals surface area contributed by atoms with E-state index in [1.807, 2.05) is 0 Å². The van der Waals surface area contributed by atoms with Gasteiger partial charge < -0.3 is 10.4 Å². The molecule has 1 heterocycles. The first-order valence-electron chi connectivity index (χ1n) is 5.17. The van der Waals surface area contributed by atoms with Crippen LogP contribution in [0.25, 0.3) is 0 Å². The van der Waals surface area contributed by atoms with Gasteiger partial charge in [-0.05, 0) is 22.9 Å². The fourth-order valence-electron chi connectivity index (χ4n) is 1.32. The van der Waals surface area contributed by atoms with Crippen molar-refractivity contribution in [3.05, 3.63) is 29.8 Å². The molecule has 0 atom stereocenters. The van der Waals surface area contributed by atoms with E-state index in [0.717, 1.165) is 11.5 Å². The Labute approximate surface area is 111 Å². The Bertz CT molecular complexity index is 569. The van der Waals surface area contributed by atoms with Crippen LogP contribution in [0.1, 0.15) is 5.56 Å². The first-order chi connectivity index (χ1) is 9.13. The van der Waals surface area contributed by atoms with Gasteiger partial charge in [-0.15, -0.1) is 0 Å². The fourth-order valence-corrected chi connectivity index (χ4v) is 1.68. The summed E-state index contributed by atoms with van der Waals surface area (Å²) in [5.74, 6) is -0.901. The number of hydrogen-bond donors (Lipinski definition) is 3. The number of benzene rings is 1. The maximum absolute atomic E-state index is 11.5. The van der Waals surface area contributed by atoms with Crippen molar-refractivity contribution in [2.75, 3.05) is 10.6 Å². The standard InChI is InChI=1S/C10H9N5O3S/c16-8(17)5-6-1-3-7(4-2-6)11-9(18)12-10-13-14-15-19-10/h1-4H,5H2,(H,16,17)(H2,11,12,13,15,18). The molecule has 0 saturated carbocycles. The van der Waals surface area contributed by atoms with E-state index in [9.17, 15) is 9.59 Å². The molecule has 0 saturated heterocycles. The first kappa shape index (κ1) is 12.9. The zero-order valence-corrected chi connectivity index (χ0v) is 10.3. The molecule has 0 spiro atoms. The minimum absolute atomic E-state index is 0.0526. The first-order valence-corrected chi connectivity index (χ1v) is 5.94. The van der Waals surface area contributed by atoms with Gasteiger partial charge in [-0.25, -0.2) is 4.79 Å². The second kappa shape index (κ2) is 5.87. The van der Waals surface area contributed by atoms with Gasteiger partial charge in [-0.1, -0.05) is 21.7 Å². The average Bonchev–Trinajstić information content (AvgIpc) is 2.83. The molecule has 0 radical (unpaired) electrons. The quantitative estimate of drug-likeness (QED) is 0.774. The zero-order chi connectivity index (χ0) is 13.7. The van der Waals surface area contributed by atoms with Crippen molar-refractivity contribution in [1.29, 1.82) is 0 Å². The highest BCUT2D eigenvalue weighted by Gasteiger charge is 2.06. The molecule has 3 N–H and O–H groups in total. The second-order valence-corrected chi connectivity index (χ2v) is 4.25. The van der Waals surface area contributed by atoms with Crippen molar-refractivity contribution in [2.45, 2.75) is 6.42 Å². The van der Waals surface area contributed by atoms with Crippen molar-refractivity contribution in [1.82, 2.24) is 14.8 Å². The van der Waals surface area contributed by atoms with E-state index in [1.165, 1.54) is 0 Å². The molecule has 19 heavy (non-hydrogen) atoms. The molecule has 2 amide bonds. The van der Waals surface area contributed by atoms with E-state index in [1.54, 1.807) is 24.3 Å². The summed E-state index contributed by atoms with van der Waals surface area (Å²) < 4.78 is 3.50. The molecular weight excluding hydrogens is 270 g/mol. The lowest BCUT2D eigenvalue weighted by Crippen LogP contribution is -2.19. The number of urea groups is 1. The van der Waals surface area contributed by atoms with Crippen LogP contribution >= 0.6 is 11.5 Å². The number of hydrogen-bond acceptors (Lipinski definition) is 6. The smallest absolute Gasteiger partial charge is 0.325 e. The van der Waals surface area contributed by atoms with Gasteiger partial charge in [0.05, 0.1) is 6.42 Å². The number of anilines is 2. The van der Waals surface area contributed by atoms with Gasteiger partial charge in [0.25, 0.3) is 0 Å². The second-order valence-electron chi connectivity index (χ2n) is 3.51. The van der Waals surface area contributed by atoms with Gasteiger partial charge >= 0.3 is 12.0 Å². The van der Waals surface area contributed by atoms with Crippen LogP contribution in [0.5, 0.6) is 0 Å². The Balaban J connectivity index is 1.92. The summed E-state index contributed by atoms with van der Waals surface area (Å²) >= 11 is 0.962. The third kappa shape index (κ3) is 4.00. The largest absolute Gasteiger partial charge is 0.481 e. The highest BCUT2D eigenvalue weighted by Crippen LogP contribution is 2.11. The lowest BCUT2D eigenvalue weighted by Gasteiger charge is -2.05. The number of carboxylic acid groups (broad SMARTS) is 1. The normalized spacial score (nSPS) is 9.89. The molecule has 8 nitrogen and oxygen atoms in total. The van der Waals surface area contributed by atoms with E-state index in [2.05, 4.69) is 25.4 Å². The fraction of sp³-hybridized carbons (Fsp3) is 0.100.